The van der Waals surface area contributed by atoms with Gasteiger partial charge in [-0.3, -0.25) is 0 Å². The Balaban J connectivity index is 0.000000120. The Labute approximate surface area is 884 Å². The van der Waals surface area contributed by atoms with Crippen molar-refractivity contribution in [1.29, 1.82) is 0 Å². The molecule has 0 aliphatic carbocycles. The van der Waals surface area contributed by atoms with E-state index in [-0.39, 0.29) is 0 Å². The first-order valence-electron chi connectivity index (χ1n) is 54.1. The van der Waals surface area contributed by atoms with E-state index in [0.717, 1.165) is 11.1 Å². The fourth-order valence-electron chi connectivity index (χ4n) is 22.6. The third kappa shape index (κ3) is 18.9. The second-order valence-electron chi connectivity index (χ2n) is 35.7. The van der Waals surface area contributed by atoms with Gasteiger partial charge in [0.15, 0.2) is 0 Å². The van der Waals surface area contributed by atoms with Crippen molar-refractivity contribution in [1.82, 2.24) is 0 Å². The van der Waals surface area contributed by atoms with Crippen LogP contribution < -0.4 is 0 Å². The predicted molar refractivity (Wildman–Crippen MR) is 675 cm³/mol. The molecule has 0 heteroatoms. The van der Waals surface area contributed by atoms with Crippen molar-refractivity contribution in [3.63, 3.8) is 0 Å². The van der Waals surface area contributed by atoms with Gasteiger partial charge < -0.3 is 0 Å². The third-order valence-corrected chi connectivity index (χ3v) is 28.3. The van der Waals surface area contributed by atoms with Gasteiger partial charge in [-0.2, -0.15) is 0 Å². The standard InChI is InChI=1S/C42H28.2C26H14.C18H12.C14H12.C10H8.7C2H6/c1-5-17-29(18-6-1)37-33-25-13-14-26-34(33)39(31-21-9-3-10-22-31)42-40(32-23-11-4-12-24-32)36-28-16-15-27-35(36)38(41(37)42)30-19-7-2-8-20-30;2*1-3-9-17-15(7-1)19-11-5-13-22-24-18-10-4-2-8-16(18)20-12-6-14-21(26(20)24)23(17)25(19)22;1-2-6-14-10-18-12-16-8-4-3-7-15(16)11-17(18)9-13(14)5-1;1-3-11-9-13-7-5-6-8-14(13)10-12(11)4-2;1-2-6-10-8-4-3-7-9(10)5-1;7*1-2/h1-28H;2*1-14H;1-12H;3-10H,1-2H2;1-8H;7*1-2H3. The zero-order valence-electron chi connectivity index (χ0n) is 88.9. The quantitative estimate of drug-likeness (QED) is 0.146. The van der Waals surface area contributed by atoms with E-state index in [9.17, 15) is 0 Å². The maximum absolute atomic E-state index is 3.80. The second kappa shape index (κ2) is 47.7. The molecule has 0 amide bonds. The van der Waals surface area contributed by atoms with Gasteiger partial charge in [-0.15, -0.1) is 0 Å². The van der Waals surface area contributed by atoms with Gasteiger partial charge in [-0.25, -0.2) is 0 Å². The summed E-state index contributed by atoms with van der Waals surface area (Å²) in [6.45, 7) is 35.6. The highest BCUT2D eigenvalue weighted by Crippen LogP contribution is 2.56. The van der Waals surface area contributed by atoms with Crippen LogP contribution in [0.25, 0.3) is 272 Å². The van der Waals surface area contributed by atoms with Gasteiger partial charge in [0.25, 0.3) is 0 Å². The minimum atomic E-state index is 1.14. The molecule has 0 aliphatic heterocycles. The Kier molecular flexibility index (Phi) is 32.5. The molecule has 30 rings (SSSR count). The molecule has 0 nitrogen and oxygen atoms in total. The number of hydrogen-bond donors (Lipinski definition) is 0. The molecule has 730 valence electrons. The maximum Gasteiger partial charge on any atom is -0.000139 e. The summed E-state index contributed by atoms with van der Waals surface area (Å²) in [5.74, 6) is 0. The average Bonchev–Trinajstić information content (AvgIpc) is 1.17. The lowest BCUT2D eigenvalue weighted by Crippen LogP contribution is -1.97. The summed E-state index contributed by atoms with van der Waals surface area (Å²) in [4.78, 5) is 0. The molecule has 0 spiro atoms. The van der Waals surface area contributed by atoms with Crippen LogP contribution in [-0.2, 0) is 0 Å². The highest BCUT2D eigenvalue weighted by molar-refractivity contribution is 6.49. The fourth-order valence-corrected chi connectivity index (χ4v) is 22.6. The van der Waals surface area contributed by atoms with Crippen LogP contribution in [0.1, 0.15) is 108 Å². The van der Waals surface area contributed by atoms with Crippen molar-refractivity contribution < 1.29 is 0 Å². The van der Waals surface area contributed by atoms with Crippen LogP contribution >= 0.6 is 0 Å². The van der Waals surface area contributed by atoms with Crippen molar-refractivity contribution in [3.8, 4) is 44.5 Å². The average molecular weight is 1930 g/mol. The zero-order valence-corrected chi connectivity index (χ0v) is 88.9. The molecule has 0 saturated heterocycles. The summed E-state index contributed by atoms with van der Waals surface area (Å²) in [5.41, 5.74) is 12.3. The summed E-state index contributed by atoms with van der Waals surface area (Å²) in [6, 6.07) is 180. The first kappa shape index (κ1) is 102. The third-order valence-electron chi connectivity index (χ3n) is 28.3. The van der Waals surface area contributed by atoms with E-state index in [2.05, 4.69) is 498 Å². The SMILES string of the molecule is C=Cc1cc2ccccc2cc1C=C.CC.CC.CC.CC.CC.CC.CC.c1ccc(-c2c3ccccc3c(-c3ccccc3)c3c(-c4ccccc4)c4ccccc4c(-c4ccccc4)c23)cc1.c1ccc2c(c1)c1cccc3c4c5ccccc5c5cccc(c2c13)c54.c1ccc2c(c1)c1cccc3c4c5ccccc5c5cccc(c2c13)c54.c1ccc2cc3cc4ccccc4cc3cc2c1.c1ccc2ccccc2c1. The summed E-state index contributed by atoms with van der Waals surface area (Å²) in [6.07, 6.45) is 3.73. The predicted octanol–water partition coefficient (Wildman–Crippen LogP) is 46.1. The summed E-state index contributed by atoms with van der Waals surface area (Å²) in [7, 11) is 0. The molecule has 0 heterocycles. The highest BCUT2D eigenvalue weighted by Gasteiger charge is 2.28. The van der Waals surface area contributed by atoms with E-state index in [4.69, 9.17) is 0 Å². The number of fused-ring (bicyclic) bond motifs is 24. The number of rotatable bonds is 6. The first-order chi connectivity index (χ1) is 74.5. The van der Waals surface area contributed by atoms with Gasteiger partial charge in [0.2, 0.25) is 0 Å². The van der Waals surface area contributed by atoms with Gasteiger partial charge in [-0.1, -0.05) is 583 Å². The van der Waals surface area contributed by atoms with E-state index in [1.165, 1.54) is 260 Å². The van der Waals surface area contributed by atoms with Crippen LogP contribution in [0.15, 0.2) is 511 Å². The van der Waals surface area contributed by atoms with Crippen molar-refractivity contribution in [2.45, 2.75) is 96.9 Å². The molecule has 0 aliphatic rings. The van der Waals surface area contributed by atoms with E-state index in [0.29, 0.717) is 0 Å². The molecule has 0 fully saturated rings. The van der Waals surface area contributed by atoms with Crippen LogP contribution in [-0.4, -0.2) is 0 Å². The van der Waals surface area contributed by atoms with Gasteiger partial charge in [0, 0.05) is 0 Å². The van der Waals surface area contributed by atoms with E-state index < -0.39 is 0 Å². The molecule has 0 atom stereocenters. The van der Waals surface area contributed by atoms with Crippen molar-refractivity contribution in [3.05, 3.63) is 522 Å². The summed E-state index contributed by atoms with van der Waals surface area (Å²) in [5, 5.41) is 54.0. The highest BCUT2D eigenvalue weighted by atomic mass is 14.3. The minimum Gasteiger partial charge on any atom is -0.0984 e. The van der Waals surface area contributed by atoms with Crippen molar-refractivity contribution >= 4 is 228 Å². The first-order valence-corrected chi connectivity index (χ1v) is 54.1. The summed E-state index contributed by atoms with van der Waals surface area (Å²) < 4.78 is 0. The zero-order chi connectivity index (χ0) is 104. The smallest absolute Gasteiger partial charge is 0.000139 e. The van der Waals surface area contributed by atoms with E-state index in [1.54, 1.807) is 0 Å². The Morgan fingerprint density at radius 3 is 0.440 bits per heavy atom. The van der Waals surface area contributed by atoms with Crippen molar-refractivity contribution in [2.24, 2.45) is 0 Å². The molecule has 0 N–H and O–H groups in total. The Bertz CT molecular complexity index is 8810. The Morgan fingerprint density at radius 2 is 0.253 bits per heavy atom. The Morgan fingerprint density at radius 1 is 0.113 bits per heavy atom. The normalized spacial score (nSPS) is 10.8. The van der Waals surface area contributed by atoms with Gasteiger partial charge in [0.05, 0.1) is 0 Å². The maximum atomic E-state index is 3.80. The molecule has 0 unspecified atom stereocenters. The molecule has 150 heavy (non-hydrogen) atoms. The lowest BCUT2D eigenvalue weighted by atomic mass is 9.77. The van der Waals surface area contributed by atoms with Crippen LogP contribution in [0.2, 0.25) is 0 Å². The van der Waals surface area contributed by atoms with Crippen LogP contribution in [0.4, 0.5) is 0 Å². The van der Waals surface area contributed by atoms with E-state index in [1.807, 2.05) is 121 Å². The van der Waals surface area contributed by atoms with E-state index >= 15 is 0 Å². The number of hydrogen-bond acceptors (Lipinski definition) is 0. The molecule has 0 saturated carbocycles. The van der Waals surface area contributed by atoms with Gasteiger partial charge in [-0.05, 0) is 307 Å². The molecule has 0 aromatic heterocycles. The number of benzene rings is 26. The molecule has 30 aromatic rings. The van der Waals surface area contributed by atoms with Crippen LogP contribution in [0, 0.1) is 0 Å². The topological polar surface area (TPSA) is 0 Å². The lowest BCUT2D eigenvalue weighted by molar-refractivity contribution is 1.50. The molecule has 0 radical (unpaired) electrons. The minimum absolute atomic E-state index is 1.14. The molecular formula is C150H130. The second-order valence-corrected chi connectivity index (χ2v) is 35.7. The monoisotopic (exact) mass is 1930 g/mol. The molecule has 0 bridgehead atoms. The van der Waals surface area contributed by atoms with Crippen LogP contribution in [0.3, 0.4) is 0 Å². The van der Waals surface area contributed by atoms with Crippen LogP contribution in [0.5, 0.6) is 0 Å². The Hall–Kier alpha value is -17.7. The summed E-state index contributed by atoms with van der Waals surface area (Å²) >= 11 is 0. The van der Waals surface area contributed by atoms with Gasteiger partial charge >= 0.3 is 0 Å². The van der Waals surface area contributed by atoms with Crippen molar-refractivity contribution in [2.75, 3.05) is 0 Å². The largest absolute Gasteiger partial charge is 0.0984 e. The van der Waals surface area contributed by atoms with Gasteiger partial charge in [0.1, 0.15) is 0 Å². The molecule has 30 aromatic carbocycles. The fraction of sp³-hybridized carbons (Fsp3) is 0.0933. The lowest BCUT2D eigenvalue weighted by Gasteiger charge is -2.25. The molecular weight excluding hydrogens is 1800 g/mol.